The van der Waals surface area contributed by atoms with E-state index in [4.69, 9.17) is 14.8 Å². The normalized spacial score (nSPS) is 12.4. The fourth-order valence-corrected chi connectivity index (χ4v) is 4.06. The van der Waals surface area contributed by atoms with Crippen molar-refractivity contribution in [3.63, 3.8) is 0 Å². The Morgan fingerprint density at radius 3 is 2.09 bits per heavy atom. The molecule has 0 saturated heterocycles. The van der Waals surface area contributed by atoms with Crippen molar-refractivity contribution in [1.29, 1.82) is 0 Å². The number of phenolic OH excluding ortho intramolecular Hbond substituents is 1. The quantitative estimate of drug-likeness (QED) is 0.539. The van der Waals surface area contributed by atoms with Gasteiger partial charge >= 0.3 is 5.97 Å². The van der Waals surface area contributed by atoms with E-state index in [0.717, 1.165) is 44.7 Å². The summed E-state index contributed by atoms with van der Waals surface area (Å²) in [5.74, 6) is 0.0308. The van der Waals surface area contributed by atoms with E-state index in [-0.39, 0.29) is 23.4 Å². The maximum absolute atomic E-state index is 11.2. The molecule has 6 heteroatoms. The maximum Gasteiger partial charge on any atom is 0.302 e. The summed E-state index contributed by atoms with van der Waals surface area (Å²) in [5, 5.41) is 17.0. The van der Waals surface area contributed by atoms with E-state index in [1.165, 1.54) is 6.92 Å². The number of carbonyl (C=O) groups excluding carboxylic acids is 1. The SMILES string of the molecule is CC(=O)OCCn1nc(-c2cc(C(C)(C)C)c(O)c(C(C)(C)C)c2)c2c(C)cc(C)nc21. The van der Waals surface area contributed by atoms with Crippen LogP contribution in [0.3, 0.4) is 0 Å². The molecular formula is C26H35N3O3. The lowest BCUT2D eigenvalue weighted by atomic mass is 9.78. The van der Waals surface area contributed by atoms with E-state index in [0.29, 0.717) is 12.3 Å². The molecule has 3 rings (SSSR count). The topological polar surface area (TPSA) is 77.2 Å². The second-order valence-electron chi connectivity index (χ2n) is 10.6. The highest BCUT2D eigenvalue weighted by atomic mass is 16.5. The minimum atomic E-state index is -0.315. The Hall–Kier alpha value is -2.89. The highest BCUT2D eigenvalue weighted by molar-refractivity contribution is 5.94. The highest BCUT2D eigenvalue weighted by Gasteiger charge is 2.28. The molecule has 1 aromatic carbocycles. The lowest BCUT2D eigenvalue weighted by Crippen LogP contribution is -2.17. The predicted molar refractivity (Wildman–Crippen MR) is 128 cm³/mol. The number of rotatable bonds is 4. The largest absolute Gasteiger partial charge is 0.507 e. The fourth-order valence-electron chi connectivity index (χ4n) is 4.06. The Morgan fingerprint density at radius 2 is 1.59 bits per heavy atom. The van der Waals surface area contributed by atoms with E-state index in [1.54, 1.807) is 0 Å². The number of phenols is 1. The van der Waals surface area contributed by atoms with Gasteiger partial charge in [-0.15, -0.1) is 0 Å². The van der Waals surface area contributed by atoms with E-state index >= 15 is 0 Å². The van der Waals surface area contributed by atoms with Crippen molar-refractivity contribution in [1.82, 2.24) is 14.8 Å². The first-order chi connectivity index (χ1) is 14.7. The van der Waals surface area contributed by atoms with Crippen LogP contribution in [0.5, 0.6) is 5.75 Å². The number of carbonyl (C=O) groups is 1. The van der Waals surface area contributed by atoms with Gasteiger partial charge in [-0.2, -0.15) is 5.10 Å². The number of fused-ring (bicyclic) bond motifs is 1. The summed E-state index contributed by atoms with van der Waals surface area (Å²) >= 11 is 0. The second-order valence-corrected chi connectivity index (χ2v) is 10.6. The van der Waals surface area contributed by atoms with Gasteiger partial charge in [0.1, 0.15) is 18.1 Å². The summed E-state index contributed by atoms with van der Waals surface area (Å²) in [4.78, 5) is 16.0. The highest BCUT2D eigenvalue weighted by Crippen LogP contribution is 2.43. The number of hydrogen-bond donors (Lipinski definition) is 1. The van der Waals surface area contributed by atoms with Crippen LogP contribution in [0.4, 0.5) is 0 Å². The molecule has 1 N–H and O–H groups in total. The number of aryl methyl sites for hydroxylation is 2. The van der Waals surface area contributed by atoms with Crippen LogP contribution < -0.4 is 0 Å². The molecule has 0 amide bonds. The third-order valence-electron chi connectivity index (χ3n) is 5.64. The van der Waals surface area contributed by atoms with Crippen molar-refractivity contribution in [2.45, 2.75) is 79.7 Å². The van der Waals surface area contributed by atoms with Gasteiger partial charge in [0.2, 0.25) is 0 Å². The molecule has 0 aliphatic carbocycles. The first-order valence-corrected chi connectivity index (χ1v) is 11.1. The van der Waals surface area contributed by atoms with Gasteiger partial charge in [-0.05, 0) is 48.4 Å². The van der Waals surface area contributed by atoms with Crippen LogP contribution in [-0.2, 0) is 26.9 Å². The van der Waals surface area contributed by atoms with Crippen LogP contribution in [0.15, 0.2) is 18.2 Å². The molecule has 2 aromatic heterocycles. The van der Waals surface area contributed by atoms with Gasteiger partial charge in [0.25, 0.3) is 0 Å². The van der Waals surface area contributed by atoms with Crippen molar-refractivity contribution in [3.05, 3.63) is 40.6 Å². The summed E-state index contributed by atoms with van der Waals surface area (Å²) in [6.07, 6.45) is 0. The van der Waals surface area contributed by atoms with E-state index in [1.807, 2.05) is 23.7 Å². The van der Waals surface area contributed by atoms with Crippen LogP contribution >= 0.6 is 0 Å². The van der Waals surface area contributed by atoms with Gasteiger partial charge < -0.3 is 9.84 Å². The molecular weight excluding hydrogens is 402 g/mol. The molecule has 0 atom stereocenters. The molecule has 0 aliphatic heterocycles. The number of ether oxygens (including phenoxy) is 1. The zero-order valence-corrected chi connectivity index (χ0v) is 20.8. The third kappa shape index (κ3) is 4.64. The number of aromatic nitrogens is 3. The van der Waals surface area contributed by atoms with Crippen LogP contribution in [0.1, 0.15) is 70.9 Å². The molecule has 0 unspecified atom stereocenters. The number of benzene rings is 1. The summed E-state index contributed by atoms with van der Waals surface area (Å²) in [5.41, 5.74) is 5.84. The second kappa shape index (κ2) is 8.23. The molecule has 0 spiro atoms. The molecule has 0 bridgehead atoms. The Morgan fingerprint density at radius 1 is 1.03 bits per heavy atom. The summed E-state index contributed by atoms with van der Waals surface area (Å²) in [6, 6.07) is 6.14. The number of hydrogen-bond acceptors (Lipinski definition) is 5. The molecule has 0 radical (unpaired) electrons. The van der Waals surface area contributed by atoms with Crippen molar-refractivity contribution >= 4 is 17.0 Å². The van der Waals surface area contributed by atoms with E-state index in [2.05, 4.69) is 54.5 Å². The monoisotopic (exact) mass is 437 g/mol. The average Bonchev–Trinajstić information content (AvgIpc) is 2.98. The summed E-state index contributed by atoms with van der Waals surface area (Å²) < 4.78 is 6.97. The van der Waals surface area contributed by atoms with Gasteiger partial charge in [-0.3, -0.25) is 4.79 Å². The van der Waals surface area contributed by atoms with Crippen LogP contribution in [0, 0.1) is 13.8 Å². The molecule has 6 nitrogen and oxygen atoms in total. The Balaban J connectivity index is 2.30. The molecule has 3 aromatic rings. The van der Waals surface area contributed by atoms with Gasteiger partial charge in [-0.1, -0.05) is 41.5 Å². The molecule has 0 fully saturated rings. The van der Waals surface area contributed by atoms with Gasteiger partial charge in [-0.25, -0.2) is 9.67 Å². The standard InChI is InChI=1S/C26H35N3O3/c1-15-12-16(2)27-24-21(15)22(28-29(24)10-11-32-17(3)30)18-13-19(25(4,5)6)23(31)20(14-18)26(7,8)9/h12-14,31H,10-11H2,1-9H3. The van der Waals surface area contributed by atoms with Crippen molar-refractivity contribution in [2.24, 2.45) is 0 Å². The van der Waals surface area contributed by atoms with Crippen LogP contribution in [-0.4, -0.2) is 32.4 Å². The number of aromatic hydroxyl groups is 1. The fraction of sp³-hybridized carbons (Fsp3) is 0.500. The Labute approximate surface area is 190 Å². The van der Waals surface area contributed by atoms with Crippen LogP contribution in [0.2, 0.25) is 0 Å². The van der Waals surface area contributed by atoms with Crippen molar-refractivity contribution in [2.75, 3.05) is 6.61 Å². The average molecular weight is 438 g/mol. The van der Waals surface area contributed by atoms with Crippen LogP contribution in [0.25, 0.3) is 22.3 Å². The van der Waals surface area contributed by atoms with Gasteiger partial charge in [0.15, 0.2) is 5.65 Å². The zero-order chi connectivity index (χ0) is 24.0. The van der Waals surface area contributed by atoms with E-state index < -0.39 is 0 Å². The number of nitrogens with zero attached hydrogens (tertiary/aromatic N) is 3. The zero-order valence-electron chi connectivity index (χ0n) is 20.8. The minimum absolute atomic E-state index is 0.232. The summed E-state index contributed by atoms with van der Waals surface area (Å²) in [6.45, 7) is 18.7. The predicted octanol–water partition coefficient (Wildman–Crippen LogP) is 5.58. The maximum atomic E-state index is 11.2. The smallest absolute Gasteiger partial charge is 0.302 e. The Bertz CT molecular complexity index is 1140. The molecule has 0 saturated carbocycles. The van der Waals surface area contributed by atoms with E-state index in [9.17, 15) is 9.90 Å². The summed E-state index contributed by atoms with van der Waals surface area (Å²) in [7, 11) is 0. The van der Waals surface area contributed by atoms with Gasteiger partial charge in [0, 0.05) is 34.7 Å². The minimum Gasteiger partial charge on any atom is -0.507 e. The molecule has 2 heterocycles. The molecule has 172 valence electrons. The van der Waals surface area contributed by atoms with Crippen molar-refractivity contribution in [3.8, 4) is 17.0 Å². The lowest BCUT2D eigenvalue weighted by molar-refractivity contribution is -0.141. The molecule has 32 heavy (non-hydrogen) atoms. The first-order valence-electron chi connectivity index (χ1n) is 11.1. The number of pyridine rings is 1. The Kier molecular flexibility index (Phi) is 6.11. The molecule has 0 aliphatic rings. The van der Waals surface area contributed by atoms with Crippen molar-refractivity contribution < 1.29 is 14.6 Å². The first kappa shape index (κ1) is 23.8. The van der Waals surface area contributed by atoms with Gasteiger partial charge in [0.05, 0.1) is 6.54 Å². The third-order valence-corrected chi connectivity index (χ3v) is 5.64. The lowest BCUT2D eigenvalue weighted by Gasteiger charge is -2.28. The number of esters is 1.